The summed E-state index contributed by atoms with van der Waals surface area (Å²) in [4.78, 5) is 0. The van der Waals surface area contributed by atoms with Crippen molar-refractivity contribution in [3.63, 3.8) is 0 Å². The Kier molecular flexibility index (Phi) is 7.35. The second kappa shape index (κ2) is 7.37. The van der Waals surface area contributed by atoms with Crippen molar-refractivity contribution in [1.29, 1.82) is 0 Å². The van der Waals surface area contributed by atoms with Crippen LogP contribution in [0.3, 0.4) is 0 Å². The molecule has 0 bridgehead atoms. The minimum absolute atomic E-state index is 0.418. The fourth-order valence-corrected chi connectivity index (χ4v) is 1.87. The molecule has 0 aliphatic heterocycles. The van der Waals surface area contributed by atoms with Gasteiger partial charge in [0.25, 0.3) is 0 Å². The molecule has 3 unspecified atom stereocenters. The standard InChI is InChI=1S/C12H27N/c1-5-8-9-11(7-3)12(13)10(4)6-2/h10-12H,5-9,13H2,1-4H3. The third-order valence-corrected chi connectivity index (χ3v) is 3.30. The molecule has 0 radical (unpaired) electrons. The van der Waals surface area contributed by atoms with E-state index in [9.17, 15) is 0 Å². The quantitative estimate of drug-likeness (QED) is 0.644. The lowest BCUT2D eigenvalue weighted by molar-refractivity contribution is 0.290. The van der Waals surface area contributed by atoms with Crippen molar-refractivity contribution >= 4 is 0 Å². The fourth-order valence-electron chi connectivity index (χ4n) is 1.87. The van der Waals surface area contributed by atoms with Crippen LogP contribution in [0.4, 0.5) is 0 Å². The molecule has 0 aromatic rings. The van der Waals surface area contributed by atoms with E-state index >= 15 is 0 Å². The second-order valence-electron chi connectivity index (χ2n) is 4.27. The summed E-state index contributed by atoms with van der Waals surface area (Å²) in [7, 11) is 0. The molecule has 0 spiro atoms. The van der Waals surface area contributed by atoms with Gasteiger partial charge < -0.3 is 5.73 Å². The number of hydrogen-bond donors (Lipinski definition) is 1. The van der Waals surface area contributed by atoms with Gasteiger partial charge in [-0.15, -0.1) is 0 Å². The number of nitrogens with two attached hydrogens (primary N) is 1. The number of rotatable bonds is 7. The van der Waals surface area contributed by atoms with E-state index in [0.717, 1.165) is 5.92 Å². The van der Waals surface area contributed by atoms with Crippen LogP contribution in [0, 0.1) is 11.8 Å². The van der Waals surface area contributed by atoms with Gasteiger partial charge in [-0.2, -0.15) is 0 Å². The van der Waals surface area contributed by atoms with Crippen molar-refractivity contribution in [2.24, 2.45) is 17.6 Å². The van der Waals surface area contributed by atoms with E-state index in [0.29, 0.717) is 12.0 Å². The average molecular weight is 185 g/mol. The van der Waals surface area contributed by atoms with Crippen molar-refractivity contribution in [1.82, 2.24) is 0 Å². The molecule has 13 heavy (non-hydrogen) atoms. The SMILES string of the molecule is CCCCC(CC)C(N)C(C)CC. The predicted octanol–water partition coefficient (Wildman–Crippen LogP) is 3.58. The molecule has 0 rings (SSSR count). The zero-order valence-corrected chi connectivity index (χ0v) is 9.84. The van der Waals surface area contributed by atoms with E-state index in [1.807, 2.05) is 0 Å². The summed E-state index contributed by atoms with van der Waals surface area (Å²) in [5, 5.41) is 0. The minimum atomic E-state index is 0.418. The second-order valence-corrected chi connectivity index (χ2v) is 4.27. The molecule has 0 aliphatic carbocycles. The molecule has 0 aromatic heterocycles. The molecular formula is C12H27N. The highest BCUT2D eigenvalue weighted by Gasteiger charge is 2.19. The van der Waals surface area contributed by atoms with E-state index in [-0.39, 0.29) is 0 Å². The monoisotopic (exact) mass is 185 g/mol. The van der Waals surface area contributed by atoms with E-state index in [1.165, 1.54) is 32.1 Å². The zero-order valence-electron chi connectivity index (χ0n) is 9.84. The lowest BCUT2D eigenvalue weighted by Crippen LogP contribution is -2.35. The van der Waals surface area contributed by atoms with Gasteiger partial charge in [0.1, 0.15) is 0 Å². The first-order valence-corrected chi connectivity index (χ1v) is 5.92. The maximum atomic E-state index is 6.22. The molecule has 0 fully saturated rings. The first-order valence-electron chi connectivity index (χ1n) is 5.92. The maximum Gasteiger partial charge on any atom is 0.00927 e. The highest BCUT2D eigenvalue weighted by Crippen LogP contribution is 2.22. The molecule has 0 aliphatic rings. The Morgan fingerprint density at radius 1 is 1.08 bits per heavy atom. The van der Waals surface area contributed by atoms with Gasteiger partial charge in [-0.3, -0.25) is 0 Å². The minimum Gasteiger partial charge on any atom is -0.327 e. The lowest BCUT2D eigenvalue weighted by Gasteiger charge is -2.27. The predicted molar refractivity (Wildman–Crippen MR) is 60.7 cm³/mol. The van der Waals surface area contributed by atoms with E-state index < -0.39 is 0 Å². The summed E-state index contributed by atoms with van der Waals surface area (Å²) in [6, 6.07) is 0.418. The van der Waals surface area contributed by atoms with E-state index in [2.05, 4.69) is 27.7 Å². The van der Waals surface area contributed by atoms with Crippen LogP contribution in [0.1, 0.15) is 59.8 Å². The van der Waals surface area contributed by atoms with Gasteiger partial charge in [-0.05, 0) is 18.3 Å². The first-order chi connectivity index (χ1) is 6.17. The Bertz CT molecular complexity index is 112. The molecule has 0 aromatic carbocycles. The Hall–Kier alpha value is -0.0400. The van der Waals surface area contributed by atoms with Gasteiger partial charge in [-0.1, -0.05) is 53.4 Å². The Balaban J connectivity index is 3.90. The summed E-state index contributed by atoms with van der Waals surface area (Å²) >= 11 is 0. The summed E-state index contributed by atoms with van der Waals surface area (Å²) in [5.74, 6) is 1.43. The summed E-state index contributed by atoms with van der Waals surface area (Å²) in [6.45, 7) is 9.03. The molecule has 2 N–H and O–H groups in total. The van der Waals surface area contributed by atoms with Gasteiger partial charge in [-0.25, -0.2) is 0 Å². The van der Waals surface area contributed by atoms with Gasteiger partial charge >= 0.3 is 0 Å². The number of unbranched alkanes of at least 4 members (excludes halogenated alkanes) is 1. The van der Waals surface area contributed by atoms with Gasteiger partial charge in [0.05, 0.1) is 0 Å². The Morgan fingerprint density at radius 3 is 2.08 bits per heavy atom. The van der Waals surface area contributed by atoms with Crippen molar-refractivity contribution in [3.05, 3.63) is 0 Å². The van der Waals surface area contributed by atoms with Crippen LogP contribution in [0.5, 0.6) is 0 Å². The largest absolute Gasteiger partial charge is 0.327 e. The van der Waals surface area contributed by atoms with Crippen LogP contribution in [-0.4, -0.2) is 6.04 Å². The molecular weight excluding hydrogens is 158 g/mol. The molecule has 0 saturated carbocycles. The molecule has 0 heterocycles. The topological polar surface area (TPSA) is 26.0 Å². The smallest absolute Gasteiger partial charge is 0.00927 e. The highest BCUT2D eigenvalue weighted by molar-refractivity contribution is 4.76. The highest BCUT2D eigenvalue weighted by atomic mass is 14.7. The third kappa shape index (κ3) is 4.66. The summed E-state index contributed by atoms with van der Waals surface area (Å²) < 4.78 is 0. The van der Waals surface area contributed by atoms with Crippen LogP contribution < -0.4 is 5.73 Å². The average Bonchev–Trinajstić information content (AvgIpc) is 2.17. The van der Waals surface area contributed by atoms with Crippen molar-refractivity contribution < 1.29 is 0 Å². The van der Waals surface area contributed by atoms with Gasteiger partial charge in [0, 0.05) is 6.04 Å². The third-order valence-electron chi connectivity index (χ3n) is 3.30. The molecule has 1 heteroatoms. The fraction of sp³-hybridized carbons (Fsp3) is 1.00. The summed E-state index contributed by atoms with van der Waals surface area (Å²) in [5.41, 5.74) is 6.22. The zero-order chi connectivity index (χ0) is 10.3. The van der Waals surface area contributed by atoms with E-state index in [4.69, 9.17) is 5.73 Å². The van der Waals surface area contributed by atoms with Crippen molar-refractivity contribution in [3.8, 4) is 0 Å². The lowest BCUT2D eigenvalue weighted by atomic mass is 9.84. The van der Waals surface area contributed by atoms with Gasteiger partial charge in [0.2, 0.25) is 0 Å². The maximum absolute atomic E-state index is 6.22. The molecule has 3 atom stereocenters. The van der Waals surface area contributed by atoms with Gasteiger partial charge in [0.15, 0.2) is 0 Å². The van der Waals surface area contributed by atoms with Crippen molar-refractivity contribution in [2.75, 3.05) is 0 Å². The molecule has 0 saturated heterocycles. The first kappa shape index (κ1) is 13.0. The molecule has 0 amide bonds. The van der Waals surface area contributed by atoms with Crippen LogP contribution in [0.25, 0.3) is 0 Å². The Labute approximate surface area is 84.1 Å². The van der Waals surface area contributed by atoms with E-state index in [1.54, 1.807) is 0 Å². The van der Waals surface area contributed by atoms with Crippen LogP contribution in [-0.2, 0) is 0 Å². The number of hydrogen-bond acceptors (Lipinski definition) is 1. The normalized spacial score (nSPS) is 18.2. The molecule has 1 nitrogen and oxygen atoms in total. The van der Waals surface area contributed by atoms with Crippen molar-refractivity contribution in [2.45, 2.75) is 65.8 Å². The molecule has 80 valence electrons. The van der Waals surface area contributed by atoms with Crippen LogP contribution >= 0.6 is 0 Å². The summed E-state index contributed by atoms with van der Waals surface area (Å²) in [6.07, 6.45) is 6.40. The Morgan fingerprint density at radius 2 is 1.69 bits per heavy atom. The van der Waals surface area contributed by atoms with Crippen LogP contribution in [0.2, 0.25) is 0 Å². The van der Waals surface area contributed by atoms with Crippen LogP contribution in [0.15, 0.2) is 0 Å².